The van der Waals surface area contributed by atoms with Crippen LogP contribution in [-0.2, 0) is 4.79 Å². The predicted molar refractivity (Wildman–Crippen MR) is 295 cm³/mol. The van der Waals surface area contributed by atoms with Gasteiger partial charge in [0.25, 0.3) is 0 Å². The van der Waals surface area contributed by atoms with Crippen molar-refractivity contribution in [3.8, 4) is 46.7 Å². The van der Waals surface area contributed by atoms with Crippen LogP contribution < -0.4 is 47.1 Å². The Kier molecular flexibility index (Phi) is 14.9. The highest BCUT2D eigenvalue weighted by Gasteiger charge is 2.64. The van der Waals surface area contributed by atoms with Crippen LogP contribution in [-0.4, -0.2) is 62.2 Å². The van der Waals surface area contributed by atoms with Gasteiger partial charge >= 0.3 is 0 Å². The maximum absolute atomic E-state index is 12.2. The average molecular weight is 1050 g/mol. The number of rotatable bonds is 3. The topological polar surface area (TPSA) is 240 Å². The molecule has 0 unspecified atom stereocenters. The normalized spacial score (nSPS) is 33.7. The number of nitrogens with two attached hydrogens (primary N) is 3. The quantitative estimate of drug-likeness (QED) is 0.0670. The Balaban J connectivity index is 0.000000179. The zero-order chi connectivity index (χ0) is 51.5. The Hall–Kier alpha value is -5.72. The first-order valence-corrected chi connectivity index (χ1v) is 26.8. The third kappa shape index (κ3) is 9.19. The van der Waals surface area contributed by atoms with Gasteiger partial charge in [0.05, 0.1) is 5.71 Å². The summed E-state index contributed by atoms with van der Waals surface area (Å²) in [7, 11) is 0. The van der Waals surface area contributed by atoms with E-state index in [0.717, 1.165) is 112 Å². The number of allylic oxidation sites excluding steroid dienone is 8. The minimum absolute atomic E-state index is 0. The van der Waals surface area contributed by atoms with Crippen LogP contribution in [0.25, 0.3) is 0 Å². The third-order valence-electron chi connectivity index (χ3n) is 18.5. The van der Waals surface area contributed by atoms with E-state index in [1.54, 1.807) is 5.57 Å². The lowest BCUT2D eigenvalue weighted by molar-refractivity contribution is -0.114. The van der Waals surface area contributed by atoms with Crippen molar-refractivity contribution in [2.24, 2.45) is 56.9 Å². The SMILES string of the molecule is CC#C[C@]1(O)CC[C@H]2[C@@H]3CCC4=C/C(=N/NC(N)=S)CCC4=C3[C@@H](c3ccc4c(c3)OCO4)C[C@@]21C.CC#C[C@]1(O)CC[C@H]2[C@@H]3CCC4=CC(=O)CCC4=C3[C@@H](c3ccc4c(c3)OCO4)C[C@@]21C.NNC(N)=S.O.[2HH]. The first-order chi connectivity index (χ1) is 35.0. The van der Waals surface area contributed by atoms with Gasteiger partial charge in [-0.15, -0.1) is 11.8 Å². The van der Waals surface area contributed by atoms with Gasteiger partial charge < -0.3 is 51.5 Å². The summed E-state index contributed by atoms with van der Waals surface area (Å²) in [6, 6.07) is 12.7. The van der Waals surface area contributed by atoms with Crippen LogP contribution >= 0.6 is 24.4 Å². The van der Waals surface area contributed by atoms with Crippen molar-refractivity contribution in [1.82, 2.24) is 10.9 Å². The molecule has 12 rings (SSSR count). The third-order valence-corrected chi connectivity index (χ3v) is 18.7. The van der Waals surface area contributed by atoms with E-state index in [0.29, 0.717) is 30.1 Å². The predicted octanol–water partition coefficient (Wildman–Crippen LogP) is 7.87. The van der Waals surface area contributed by atoms with Crippen molar-refractivity contribution in [3.63, 3.8) is 0 Å². The van der Waals surface area contributed by atoms with E-state index >= 15 is 0 Å². The molecule has 0 saturated heterocycles. The van der Waals surface area contributed by atoms with Crippen LogP contribution in [0, 0.1) is 58.2 Å². The van der Waals surface area contributed by atoms with Crippen molar-refractivity contribution in [3.05, 3.63) is 93.1 Å². The number of hydrogen-bond acceptors (Lipinski definition) is 11. The second-order valence-electron chi connectivity index (χ2n) is 21.9. The number of benzene rings is 2. The van der Waals surface area contributed by atoms with Gasteiger partial charge in [0.15, 0.2) is 39.0 Å². The van der Waals surface area contributed by atoms with Crippen molar-refractivity contribution < 1.29 is 40.9 Å². The number of ether oxygens (including phenoxy) is 4. The summed E-state index contributed by atoms with van der Waals surface area (Å²) >= 11 is 9.17. The molecule has 0 aromatic heterocycles. The van der Waals surface area contributed by atoms with Crippen LogP contribution in [0.4, 0.5) is 0 Å². The molecule has 2 heterocycles. The van der Waals surface area contributed by atoms with E-state index in [1.165, 1.54) is 39.0 Å². The number of aliphatic hydroxyl groups is 2. The smallest absolute Gasteiger partial charge is 0.231 e. The van der Waals surface area contributed by atoms with E-state index < -0.39 is 11.2 Å². The highest BCUT2D eigenvalue weighted by atomic mass is 32.1. The molecular formula is C58H72N6O8S2. The zero-order valence-corrected chi connectivity index (χ0v) is 44.5. The van der Waals surface area contributed by atoms with Crippen molar-refractivity contribution >= 4 is 46.2 Å². The van der Waals surface area contributed by atoms with Crippen LogP contribution in [0.1, 0.15) is 142 Å². The van der Waals surface area contributed by atoms with Crippen molar-refractivity contribution in [1.29, 1.82) is 0 Å². The van der Waals surface area contributed by atoms with Crippen LogP contribution in [0.15, 0.2) is 87.1 Å². The van der Waals surface area contributed by atoms with Gasteiger partial charge in [0.2, 0.25) is 13.6 Å². The number of hydrazine groups is 1. The molecule has 2 aromatic carbocycles. The summed E-state index contributed by atoms with van der Waals surface area (Å²) in [4.78, 5) is 12.2. The minimum atomic E-state index is -0.952. The van der Waals surface area contributed by atoms with Crippen molar-refractivity contribution in [2.45, 2.75) is 141 Å². The zero-order valence-electron chi connectivity index (χ0n) is 42.8. The van der Waals surface area contributed by atoms with E-state index in [4.69, 9.17) is 42.6 Å². The minimum Gasteiger partial charge on any atom is -0.454 e. The van der Waals surface area contributed by atoms with E-state index in [-0.39, 0.29) is 59.2 Å². The Morgan fingerprint density at radius 3 is 1.61 bits per heavy atom. The lowest BCUT2D eigenvalue weighted by Gasteiger charge is -2.53. The highest BCUT2D eigenvalue weighted by Crippen LogP contribution is 2.68. The number of hydrogen-bond donors (Lipinski definition) is 7. The molecule has 2 aliphatic heterocycles. The molecule has 0 bridgehead atoms. The number of carbonyl (C=O) groups excluding carboxylic acids is 1. The van der Waals surface area contributed by atoms with Crippen molar-refractivity contribution in [2.75, 3.05) is 13.6 Å². The van der Waals surface area contributed by atoms with Gasteiger partial charge in [0.1, 0.15) is 11.2 Å². The van der Waals surface area contributed by atoms with Gasteiger partial charge in [-0.25, -0.2) is 5.84 Å². The number of nitrogens with one attached hydrogen (secondary N) is 2. The summed E-state index contributed by atoms with van der Waals surface area (Å²) < 4.78 is 22.6. The molecule has 0 radical (unpaired) electrons. The molecule has 4 fully saturated rings. The summed E-state index contributed by atoms with van der Waals surface area (Å²) in [5.41, 5.74) is 24.8. The molecule has 10 atom stereocenters. The average Bonchev–Trinajstić information content (AvgIpc) is 4.16. The molecule has 10 aliphatic rings. The lowest BCUT2D eigenvalue weighted by Crippen LogP contribution is -2.51. The lowest BCUT2D eigenvalue weighted by atomic mass is 9.51. The molecule has 0 amide bonds. The number of carbonyl (C=O) groups is 1. The van der Waals surface area contributed by atoms with Gasteiger partial charge in [-0.1, -0.05) is 49.0 Å². The molecule has 74 heavy (non-hydrogen) atoms. The molecule has 394 valence electrons. The number of fused-ring (bicyclic) bond motifs is 10. The van der Waals surface area contributed by atoms with Crippen LogP contribution in [0.5, 0.6) is 23.0 Å². The summed E-state index contributed by atoms with van der Waals surface area (Å²) in [6.45, 7) is 8.75. The maximum atomic E-state index is 12.2. The number of ketones is 1. The van der Waals surface area contributed by atoms with Gasteiger partial charge in [-0.3, -0.25) is 10.2 Å². The maximum Gasteiger partial charge on any atom is 0.231 e. The molecule has 2 aromatic rings. The molecular weight excluding hydrogens is 973 g/mol. The van der Waals surface area contributed by atoms with E-state index in [9.17, 15) is 15.0 Å². The second kappa shape index (κ2) is 20.8. The van der Waals surface area contributed by atoms with Crippen LogP contribution in [0.3, 0.4) is 0 Å². The van der Waals surface area contributed by atoms with Gasteiger partial charge in [0, 0.05) is 30.5 Å². The molecule has 16 heteroatoms. The standard InChI is InChI=1S/C29H33N3O3S.C28H30O4.CH5N3S.H2O.H2/c1-3-11-29(33)12-10-23-21-7-4-17-13-19(31-32-27(30)36)6-8-20(17)26(21)22(15-28(23,29)2)18-5-9-24-25(14-18)35-16-34-24;1-3-11-28(30)12-10-23-21-7-4-17-13-19(29)6-8-20(17)26(21)22(15-27(23,28)2)18-5-9-24-25(14-18)32-16-31-24;2-1(5)4-3;;/h5,9,13-14,21-23,33H,4,6-8,10,12,15-16H2,1-2H3,(H3,30,32,36);5,9,13-14,21-23,30H,4,6-8,10,12,15-16H2,1-2H3;3H2,(H3,2,4,5);1H2;1H/b31-19+;;;;/t21-,22+,23-,28-,29-;21-,22+,23-,27-,28-;;;/m00.../s1/i;;;;1+1. The Morgan fingerprint density at radius 2 is 1.15 bits per heavy atom. The Labute approximate surface area is 446 Å². The summed E-state index contributed by atoms with van der Waals surface area (Å²) in [6.07, 6.45) is 16.7. The molecule has 0 spiro atoms. The summed E-state index contributed by atoms with van der Waals surface area (Å²) in [5, 5.41) is 28.3. The fourth-order valence-corrected chi connectivity index (χ4v) is 15.3. The summed E-state index contributed by atoms with van der Waals surface area (Å²) in [5.74, 6) is 22.7. The van der Waals surface area contributed by atoms with Gasteiger partial charge in [-0.05, 0) is 215 Å². The molecule has 8 aliphatic carbocycles. The van der Waals surface area contributed by atoms with Gasteiger partial charge in [-0.2, -0.15) is 5.10 Å². The Bertz CT molecular complexity index is 2950. The van der Waals surface area contributed by atoms with Crippen LogP contribution in [0.2, 0.25) is 0 Å². The van der Waals surface area contributed by atoms with E-state index in [1.807, 2.05) is 37.5 Å². The molecule has 14 nitrogen and oxygen atoms in total. The van der Waals surface area contributed by atoms with E-state index in [2.05, 4.69) is 96.5 Å². The monoisotopic (exact) mass is 1050 g/mol. The number of thiocarbonyl (C=S) groups is 2. The fraction of sp³-hybridized carbons (Fsp3) is 0.517. The first-order valence-electron chi connectivity index (χ1n) is 25.9. The largest absolute Gasteiger partial charge is 0.454 e. The number of nitrogens with zero attached hydrogens (tertiary/aromatic N) is 1. The molecule has 4 saturated carbocycles. The first kappa shape index (κ1) is 53.1. The molecule has 12 N–H and O–H groups in total. The fourth-order valence-electron chi connectivity index (χ4n) is 15.2. The highest BCUT2D eigenvalue weighted by molar-refractivity contribution is 7.80. The second-order valence-corrected chi connectivity index (χ2v) is 22.8. The Morgan fingerprint density at radius 1 is 0.689 bits per heavy atom. The number of hydrazone groups is 1.